The number of carbonyl (C=O) groups excluding carboxylic acids is 1. The number of aromatic nitrogens is 2. The molecule has 2 aromatic heterocycles. The molecular formula is C10H10N4O2S2. The van der Waals surface area contributed by atoms with Crippen molar-refractivity contribution in [1.29, 1.82) is 0 Å². The number of aryl methyl sites for hydroxylation is 1. The van der Waals surface area contributed by atoms with Gasteiger partial charge in [-0.15, -0.1) is 22.7 Å². The van der Waals surface area contributed by atoms with E-state index in [9.17, 15) is 4.79 Å². The summed E-state index contributed by atoms with van der Waals surface area (Å²) in [6.45, 7) is 3.47. The minimum atomic E-state index is -0.236. The number of hydrogen-bond acceptors (Lipinski definition) is 7. The molecule has 0 unspecified atom stereocenters. The lowest BCUT2D eigenvalue weighted by Gasteiger charge is -1.97. The lowest BCUT2D eigenvalue weighted by Crippen LogP contribution is -2.10. The maximum atomic E-state index is 11.8. The summed E-state index contributed by atoms with van der Waals surface area (Å²) in [6.07, 6.45) is 1.53. The Morgan fingerprint density at radius 1 is 1.56 bits per heavy atom. The molecule has 2 N–H and O–H groups in total. The first kappa shape index (κ1) is 12.7. The average molecular weight is 282 g/mol. The number of amides is 1. The lowest BCUT2D eigenvalue weighted by atomic mass is 10.3. The van der Waals surface area contributed by atoms with Crippen LogP contribution in [0.3, 0.4) is 0 Å². The SMILES string of the molecule is CC(=NO)c1csc(NC(=O)c2cnc(C)s2)n1. The molecule has 1 amide bonds. The Morgan fingerprint density at radius 2 is 2.33 bits per heavy atom. The fourth-order valence-electron chi connectivity index (χ4n) is 1.17. The van der Waals surface area contributed by atoms with Gasteiger partial charge in [0, 0.05) is 5.38 Å². The predicted molar refractivity (Wildman–Crippen MR) is 70.9 cm³/mol. The second-order valence-electron chi connectivity index (χ2n) is 3.42. The highest BCUT2D eigenvalue weighted by molar-refractivity contribution is 7.15. The van der Waals surface area contributed by atoms with Gasteiger partial charge in [0.05, 0.1) is 11.2 Å². The van der Waals surface area contributed by atoms with Crippen LogP contribution in [0, 0.1) is 6.92 Å². The molecule has 0 radical (unpaired) electrons. The summed E-state index contributed by atoms with van der Waals surface area (Å²) >= 11 is 2.59. The Morgan fingerprint density at radius 3 is 2.94 bits per heavy atom. The zero-order valence-electron chi connectivity index (χ0n) is 9.67. The number of carbonyl (C=O) groups is 1. The highest BCUT2D eigenvalue weighted by Gasteiger charge is 2.12. The molecule has 0 atom stereocenters. The average Bonchev–Trinajstić information content (AvgIpc) is 2.97. The summed E-state index contributed by atoms with van der Waals surface area (Å²) in [7, 11) is 0. The van der Waals surface area contributed by atoms with Crippen LogP contribution in [-0.4, -0.2) is 26.8 Å². The van der Waals surface area contributed by atoms with Crippen LogP contribution in [0.2, 0.25) is 0 Å². The molecule has 18 heavy (non-hydrogen) atoms. The van der Waals surface area contributed by atoms with E-state index in [4.69, 9.17) is 5.21 Å². The number of oxime groups is 1. The van der Waals surface area contributed by atoms with E-state index in [0.29, 0.717) is 21.4 Å². The van der Waals surface area contributed by atoms with Crippen molar-refractivity contribution in [3.8, 4) is 0 Å². The Bertz CT molecular complexity index is 603. The highest BCUT2D eigenvalue weighted by Crippen LogP contribution is 2.19. The second-order valence-corrected chi connectivity index (χ2v) is 5.51. The topological polar surface area (TPSA) is 87.5 Å². The van der Waals surface area contributed by atoms with Gasteiger partial charge >= 0.3 is 0 Å². The van der Waals surface area contributed by atoms with Crippen LogP contribution >= 0.6 is 22.7 Å². The molecule has 0 aliphatic heterocycles. The van der Waals surface area contributed by atoms with Crippen LogP contribution in [-0.2, 0) is 0 Å². The third kappa shape index (κ3) is 2.71. The molecule has 0 spiro atoms. The third-order valence-electron chi connectivity index (χ3n) is 2.09. The van der Waals surface area contributed by atoms with E-state index in [1.807, 2.05) is 6.92 Å². The van der Waals surface area contributed by atoms with Gasteiger partial charge in [-0.05, 0) is 13.8 Å². The fourth-order valence-corrected chi connectivity index (χ4v) is 2.60. The van der Waals surface area contributed by atoms with Gasteiger partial charge in [0.25, 0.3) is 5.91 Å². The van der Waals surface area contributed by atoms with Crippen molar-refractivity contribution >= 4 is 39.4 Å². The van der Waals surface area contributed by atoms with Gasteiger partial charge in [0.1, 0.15) is 16.3 Å². The molecule has 0 saturated heterocycles. The maximum absolute atomic E-state index is 11.8. The minimum absolute atomic E-state index is 0.236. The summed E-state index contributed by atoms with van der Waals surface area (Å²) < 4.78 is 0. The molecule has 2 heterocycles. The van der Waals surface area contributed by atoms with Crippen LogP contribution < -0.4 is 5.32 Å². The van der Waals surface area contributed by atoms with Crippen molar-refractivity contribution in [3.05, 3.63) is 27.2 Å². The van der Waals surface area contributed by atoms with Gasteiger partial charge in [-0.2, -0.15) is 0 Å². The molecule has 6 nitrogen and oxygen atoms in total. The number of anilines is 1. The van der Waals surface area contributed by atoms with Crippen LogP contribution in [0.25, 0.3) is 0 Å². The Balaban J connectivity index is 2.10. The molecular weight excluding hydrogens is 272 g/mol. The highest BCUT2D eigenvalue weighted by atomic mass is 32.1. The predicted octanol–water partition coefficient (Wildman–Crippen LogP) is 2.36. The van der Waals surface area contributed by atoms with E-state index in [2.05, 4.69) is 20.4 Å². The lowest BCUT2D eigenvalue weighted by molar-refractivity contribution is 0.103. The number of hydrogen-bond donors (Lipinski definition) is 2. The van der Waals surface area contributed by atoms with Gasteiger partial charge in [-0.3, -0.25) is 10.1 Å². The summed E-state index contributed by atoms with van der Waals surface area (Å²) in [5.41, 5.74) is 0.943. The monoisotopic (exact) mass is 282 g/mol. The first-order valence-electron chi connectivity index (χ1n) is 4.98. The molecule has 8 heteroatoms. The first-order valence-corrected chi connectivity index (χ1v) is 6.68. The van der Waals surface area contributed by atoms with Gasteiger partial charge in [-0.25, -0.2) is 9.97 Å². The smallest absolute Gasteiger partial charge is 0.269 e. The van der Waals surface area contributed by atoms with Crippen molar-refractivity contribution in [1.82, 2.24) is 9.97 Å². The second kappa shape index (κ2) is 5.23. The van der Waals surface area contributed by atoms with Crippen molar-refractivity contribution in [3.63, 3.8) is 0 Å². The van der Waals surface area contributed by atoms with Gasteiger partial charge < -0.3 is 5.21 Å². The quantitative estimate of drug-likeness (QED) is 0.514. The maximum Gasteiger partial charge on any atom is 0.269 e. The van der Waals surface area contributed by atoms with Gasteiger partial charge in [0.2, 0.25) is 0 Å². The summed E-state index contributed by atoms with van der Waals surface area (Å²) in [5.74, 6) is -0.236. The Labute approximate surface area is 111 Å². The summed E-state index contributed by atoms with van der Waals surface area (Å²) in [5, 5.41) is 17.4. The van der Waals surface area contributed by atoms with Gasteiger partial charge in [-0.1, -0.05) is 5.16 Å². The Kier molecular flexibility index (Phi) is 3.68. The molecule has 2 rings (SSSR count). The summed E-state index contributed by atoms with van der Waals surface area (Å²) in [6, 6.07) is 0. The van der Waals surface area contributed by atoms with Crippen LogP contribution in [0.5, 0.6) is 0 Å². The fraction of sp³-hybridized carbons (Fsp3) is 0.200. The molecule has 0 saturated carbocycles. The van der Waals surface area contributed by atoms with Crippen LogP contribution in [0.15, 0.2) is 16.7 Å². The van der Waals surface area contributed by atoms with Crippen molar-refractivity contribution < 1.29 is 10.0 Å². The molecule has 0 aromatic carbocycles. The minimum Gasteiger partial charge on any atom is -0.411 e. The standard InChI is InChI=1S/C10H10N4O2S2/c1-5(14-16)7-4-17-10(12-7)13-9(15)8-3-11-6(2)18-8/h3-4,16H,1-2H3,(H,12,13,15). The third-order valence-corrected chi connectivity index (χ3v) is 3.76. The molecule has 0 aliphatic rings. The molecule has 2 aromatic rings. The van der Waals surface area contributed by atoms with Gasteiger partial charge in [0.15, 0.2) is 5.13 Å². The molecule has 0 aliphatic carbocycles. The normalized spacial score (nSPS) is 11.6. The van der Waals surface area contributed by atoms with E-state index in [1.54, 1.807) is 12.3 Å². The molecule has 0 bridgehead atoms. The van der Waals surface area contributed by atoms with Crippen molar-refractivity contribution in [2.75, 3.05) is 5.32 Å². The van der Waals surface area contributed by atoms with E-state index < -0.39 is 0 Å². The molecule has 0 fully saturated rings. The summed E-state index contributed by atoms with van der Waals surface area (Å²) in [4.78, 5) is 20.5. The number of nitrogens with one attached hydrogen (secondary N) is 1. The van der Waals surface area contributed by atoms with Crippen LogP contribution in [0.4, 0.5) is 5.13 Å². The zero-order chi connectivity index (χ0) is 13.1. The Hall–Kier alpha value is -1.80. The molecule has 94 valence electrons. The largest absolute Gasteiger partial charge is 0.411 e. The number of rotatable bonds is 3. The zero-order valence-corrected chi connectivity index (χ0v) is 11.3. The first-order chi connectivity index (χ1) is 8.60. The van der Waals surface area contributed by atoms with E-state index in [0.717, 1.165) is 5.01 Å². The van der Waals surface area contributed by atoms with E-state index >= 15 is 0 Å². The number of thiazole rings is 2. The van der Waals surface area contributed by atoms with E-state index in [1.165, 1.54) is 28.9 Å². The van der Waals surface area contributed by atoms with Crippen LogP contribution in [0.1, 0.15) is 27.3 Å². The number of nitrogens with zero attached hydrogens (tertiary/aromatic N) is 3. The van der Waals surface area contributed by atoms with Crippen molar-refractivity contribution in [2.24, 2.45) is 5.16 Å². The van der Waals surface area contributed by atoms with Crippen molar-refractivity contribution in [2.45, 2.75) is 13.8 Å². The van der Waals surface area contributed by atoms with E-state index in [-0.39, 0.29) is 5.91 Å².